The first-order valence-corrected chi connectivity index (χ1v) is 15.4. The van der Waals surface area contributed by atoms with E-state index in [0.717, 1.165) is 18.8 Å². The molecule has 0 saturated carbocycles. The first-order chi connectivity index (χ1) is 19.3. The van der Waals surface area contributed by atoms with Gasteiger partial charge in [-0.15, -0.1) is 6.58 Å². The number of aliphatic hydroxyl groups is 1. The highest BCUT2D eigenvalue weighted by molar-refractivity contribution is 9.09. The molecule has 0 aliphatic carbocycles. The molecular formula is C30H42BrN3O6. The Kier molecular flexibility index (Phi) is 9.95. The van der Waals surface area contributed by atoms with Gasteiger partial charge in [0.15, 0.2) is 0 Å². The first-order valence-electron chi connectivity index (χ1n) is 14.5. The molecule has 0 aromatic heterocycles. The second kappa shape index (κ2) is 13.0. The van der Waals surface area contributed by atoms with Crippen molar-refractivity contribution in [2.24, 2.45) is 11.8 Å². The summed E-state index contributed by atoms with van der Waals surface area (Å²) in [5.41, 5.74) is 0.637. The van der Waals surface area contributed by atoms with Crippen molar-refractivity contribution >= 4 is 45.1 Å². The molecule has 3 aliphatic rings. The van der Waals surface area contributed by atoms with Crippen molar-refractivity contribution in [1.82, 2.24) is 4.90 Å². The van der Waals surface area contributed by atoms with E-state index < -0.39 is 35.6 Å². The highest BCUT2D eigenvalue weighted by Crippen LogP contribution is 2.60. The minimum Gasteiger partial charge on any atom is -0.466 e. The summed E-state index contributed by atoms with van der Waals surface area (Å²) >= 11 is 3.69. The Morgan fingerprint density at radius 3 is 2.45 bits per heavy atom. The lowest BCUT2D eigenvalue weighted by Gasteiger charge is -2.37. The molecule has 6 atom stereocenters. The number of alkyl halides is 1. The predicted molar refractivity (Wildman–Crippen MR) is 158 cm³/mol. The number of amides is 2. The Balaban J connectivity index is 1.72. The first kappa shape index (κ1) is 30.5. The lowest BCUT2D eigenvalue weighted by molar-refractivity contribution is -0.154. The maximum absolute atomic E-state index is 14.6. The second-order valence-corrected chi connectivity index (χ2v) is 11.8. The number of hydrogen-bond donors (Lipinski definition) is 1. The Morgan fingerprint density at radius 1 is 1.18 bits per heavy atom. The minimum absolute atomic E-state index is 0.0699. The molecule has 3 saturated heterocycles. The van der Waals surface area contributed by atoms with Gasteiger partial charge in [-0.05, 0) is 70.7 Å². The van der Waals surface area contributed by atoms with Crippen molar-refractivity contribution in [2.75, 3.05) is 49.2 Å². The summed E-state index contributed by atoms with van der Waals surface area (Å²) in [4.78, 5) is 47.1. The third-order valence-corrected chi connectivity index (χ3v) is 9.35. The Morgan fingerprint density at radius 2 is 1.85 bits per heavy atom. The van der Waals surface area contributed by atoms with E-state index in [4.69, 9.17) is 9.47 Å². The van der Waals surface area contributed by atoms with Gasteiger partial charge in [0, 0.05) is 49.0 Å². The van der Waals surface area contributed by atoms with Gasteiger partial charge in [0.2, 0.25) is 5.91 Å². The third-order valence-electron chi connectivity index (χ3n) is 8.51. The van der Waals surface area contributed by atoms with Crippen molar-refractivity contribution in [3.8, 4) is 0 Å². The number of anilines is 2. The molecule has 1 N–H and O–H groups in total. The van der Waals surface area contributed by atoms with Crippen LogP contribution in [0.2, 0.25) is 0 Å². The van der Waals surface area contributed by atoms with Gasteiger partial charge in [0.1, 0.15) is 11.6 Å². The van der Waals surface area contributed by atoms with Gasteiger partial charge in [-0.2, -0.15) is 0 Å². The number of fused-ring (bicyclic) bond motifs is 1. The number of benzene rings is 1. The van der Waals surface area contributed by atoms with Crippen LogP contribution < -0.4 is 9.80 Å². The molecule has 40 heavy (non-hydrogen) atoms. The van der Waals surface area contributed by atoms with E-state index >= 15 is 0 Å². The van der Waals surface area contributed by atoms with Crippen molar-refractivity contribution in [3.05, 3.63) is 36.9 Å². The topological polar surface area (TPSA) is 99.6 Å². The summed E-state index contributed by atoms with van der Waals surface area (Å²) < 4.78 is 11.9. The molecule has 3 heterocycles. The van der Waals surface area contributed by atoms with Crippen LogP contribution in [0.15, 0.2) is 36.9 Å². The number of nitrogens with zero attached hydrogens (tertiary/aromatic N) is 3. The monoisotopic (exact) mass is 619 g/mol. The molecule has 1 aromatic carbocycles. The molecule has 2 amide bonds. The molecule has 0 radical (unpaired) electrons. The fourth-order valence-corrected chi connectivity index (χ4v) is 7.70. The second-order valence-electron chi connectivity index (χ2n) is 10.7. The van der Waals surface area contributed by atoms with E-state index in [9.17, 15) is 19.5 Å². The molecule has 2 bridgehead atoms. The number of halogens is 1. The van der Waals surface area contributed by atoms with Crippen molar-refractivity contribution in [3.63, 3.8) is 0 Å². The average Bonchev–Trinajstić information content (AvgIpc) is 3.54. The highest BCUT2D eigenvalue weighted by atomic mass is 79.9. The smallest absolute Gasteiger partial charge is 0.312 e. The molecule has 3 aliphatic heterocycles. The van der Waals surface area contributed by atoms with Gasteiger partial charge in [-0.1, -0.05) is 22.0 Å². The molecule has 1 spiro atoms. The van der Waals surface area contributed by atoms with E-state index in [1.54, 1.807) is 22.8 Å². The summed E-state index contributed by atoms with van der Waals surface area (Å²) in [7, 11) is 0. The molecule has 220 valence electrons. The van der Waals surface area contributed by atoms with Crippen LogP contribution in [0, 0.1) is 11.8 Å². The van der Waals surface area contributed by atoms with Crippen LogP contribution in [0.1, 0.15) is 46.5 Å². The van der Waals surface area contributed by atoms with Gasteiger partial charge in [-0.3, -0.25) is 14.4 Å². The van der Waals surface area contributed by atoms with Gasteiger partial charge in [0.05, 0.1) is 24.5 Å². The van der Waals surface area contributed by atoms with Crippen LogP contribution >= 0.6 is 15.9 Å². The number of carbonyl (C=O) groups excluding carboxylic acids is 3. The van der Waals surface area contributed by atoms with Crippen LogP contribution in [-0.2, 0) is 23.9 Å². The van der Waals surface area contributed by atoms with Crippen LogP contribution in [0.3, 0.4) is 0 Å². The SMILES string of the molecule is C=CCN(C(=O)C1N(CCCCCO)C(=O)[C@@H]2[C@@H](C(=O)OCC)[C@@H]3OC12CC3Br)c1ccc(N(CC)CC)cc1. The van der Waals surface area contributed by atoms with Gasteiger partial charge < -0.3 is 29.3 Å². The summed E-state index contributed by atoms with van der Waals surface area (Å²) in [6, 6.07) is 6.96. The number of carbonyl (C=O) groups is 3. The molecule has 4 rings (SSSR count). The molecule has 9 nitrogen and oxygen atoms in total. The summed E-state index contributed by atoms with van der Waals surface area (Å²) in [5, 5.41) is 9.25. The molecule has 10 heteroatoms. The van der Waals surface area contributed by atoms with Gasteiger partial charge in [-0.25, -0.2) is 0 Å². The number of hydrogen-bond acceptors (Lipinski definition) is 7. The van der Waals surface area contributed by atoms with Crippen molar-refractivity contribution in [1.29, 1.82) is 0 Å². The zero-order valence-electron chi connectivity index (χ0n) is 23.8. The van der Waals surface area contributed by atoms with E-state index in [1.807, 2.05) is 24.3 Å². The molecular weight excluding hydrogens is 578 g/mol. The largest absolute Gasteiger partial charge is 0.466 e. The van der Waals surface area contributed by atoms with Crippen LogP contribution in [0.25, 0.3) is 0 Å². The fraction of sp³-hybridized carbons (Fsp3) is 0.633. The number of unbranched alkanes of at least 4 members (excludes halogenated alkanes) is 2. The quantitative estimate of drug-likeness (QED) is 0.147. The van der Waals surface area contributed by atoms with E-state index in [2.05, 4.69) is 41.3 Å². The number of esters is 1. The Bertz CT molecular complexity index is 1080. The van der Waals surface area contributed by atoms with Crippen molar-refractivity contribution < 1.29 is 29.0 Å². The minimum atomic E-state index is -1.14. The van der Waals surface area contributed by atoms with E-state index in [1.165, 1.54) is 0 Å². The van der Waals surface area contributed by atoms with E-state index in [0.29, 0.717) is 37.9 Å². The third kappa shape index (κ3) is 5.30. The number of ether oxygens (including phenoxy) is 2. The molecule has 3 unspecified atom stereocenters. The van der Waals surface area contributed by atoms with Crippen LogP contribution in [0.4, 0.5) is 11.4 Å². The zero-order chi connectivity index (χ0) is 29.0. The van der Waals surface area contributed by atoms with Gasteiger partial charge >= 0.3 is 5.97 Å². The van der Waals surface area contributed by atoms with E-state index in [-0.39, 0.29) is 36.4 Å². The number of rotatable bonds is 14. The summed E-state index contributed by atoms with van der Waals surface area (Å²) in [5.74, 6) is -2.51. The highest BCUT2D eigenvalue weighted by Gasteiger charge is 2.77. The summed E-state index contributed by atoms with van der Waals surface area (Å²) in [6.45, 7) is 12.4. The normalized spacial score (nSPS) is 28.5. The number of aliphatic hydroxyl groups excluding tert-OH is 1. The fourth-order valence-electron chi connectivity index (χ4n) is 6.76. The average molecular weight is 621 g/mol. The van der Waals surface area contributed by atoms with Crippen molar-refractivity contribution in [2.45, 2.75) is 69.0 Å². The Hall–Kier alpha value is -2.43. The summed E-state index contributed by atoms with van der Waals surface area (Å²) in [6.07, 6.45) is 3.54. The zero-order valence-corrected chi connectivity index (χ0v) is 25.3. The maximum atomic E-state index is 14.6. The Labute approximate surface area is 245 Å². The number of likely N-dealkylation sites (tertiary alicyclic amines) is 1. The predicted octanol–water partition coefficient (Wildman–Crippen LogP) is 3.53. The lowest BCUT2D eigenvalue weighted by Crippen LogP contribution is -2.57. The maximum Gasteiger partial charge on any atom is 0.312 e. The van der Waals surface area contributed by atoms with Gasteiger partial charge in [0.25, 0.3) is 5.91 Å². The molecule has 1 aromatic rings. The lowest BCUT2D eigenvalue weighted by atomic mass is 9.70. The standard InChI is InChI=1S/C30H42BrN3O6/c1-5-16-33(21-14-12-20(13-15-21)32(6-2)7-3)28(37)26-30-19-22(31)25(40-30)23(29(38)39-8-4)24(30)27(36)34(26)17-10-9-11-18-35/h5,12-15,22-26,35H,1,6-11,16-19H2,2-4H3/t22?,23-,24+,25-,26?,30?/m1/s1. The molecule has 3 fully saturated rings. The van der Waals surface area contributed by atoms with Crippen LogP contribution in [0.5, 0.6) is 0 Å². The van der Waals surface area contributed by atoms with Crippen LogP contribution in [-0.4, -0.2) is 89.8 Å².